The van der Waals surface area contributed by atoms with Gasteiger partial charge in [0, 0.05) is 11.8 Å². The summed E-state index contributed by atoms with van der Waals surface area (Å²) in [6.07, 6.45) is 2.04. The van der Waals surface area contributed by atoms with Crippen LogP contribution in [0.15, 0.2) is 47.6 Å². The van der Waals surface area contributed by atoms with E-state index in [1.165, 1.54) is 0 Å². The third kappa shape index (κ3) is 2.79. The number of hydrogen-bond acceptors (Lipinski definition) is 3. The lowest BCUT2D eigenvalue weighted by Gasteiger charge is -2.12. The molecule has 0 amide bonds. The molecule has 1 aromatic carbocycles. The van der Waals surface area contributed by atoms with Crippen molar-refractivity contribution in [1.82, 2.24) is 4.57 Å². The molecule has 4 heteroatoms. The lowest BCUT2D eigenvalue weighted by atomic mass is 10.1. The Bertz CT molecular complexity index is 671. The summed E-state index contributed by atoms with van der Waals surface area (Å²) in [5.41, 5.74) is 2.00. The average Bonchev–Trinajstić information content (AvgIpc) is 3.05. The van der Waals surface area contributed by atoms with Gasteiger partial charge in [0.2, 0.25) is 5.90 Å². The van der Waals surface area contributed by atoms with E-state index < -0.39 is 0 Å². The Morgan fingerprint density at radius 3 is 2.76 bits per heavy atom. The van der Waals surface area contributed by atoms with Gasteiger partial charge in [0.1, 0.15) is 18.1 Å². The summed E-state index contributed by atoms with van der Waals surface area (Å²) >= 11 is 0. The van der Waals surface area contributed by atoms with Gasteiger partial charge >= 0.3 is 0 Å². The van der Waals surface area contributed by atoms with E-state index in [1.54, 1.807) is 7.11 Å². The Hall–Kier alpha value is -2.23. The van der Waals surface area contributed by atoms with Gasteiger partial charge in [0.25, 0.3) is 0 Å². The molecule has 0 bridgehead atoms. The third-order valence-electron chi connectivity index (χ3n) is 3.55. The highest BCUT2D eigenvalue weighted by Gasteiger charge is 2.28. The molecule has 0 saturated heterocycles. The molecule has 0 unspecified atom stereocenters. The van der Waals surface area contributed by atoms with Crippen molar-refractivity contribution in [3.8, 4) is 5.75 Å². The molecule has 0 N–H and O–H groups in total. The predicted octanol–water partition coefficient (Wildman–Crippen LogP) is 3.10. The van der Waals surface area contributed by atoms with Crippen LogP contribution in [0.4, 0.5) is 0 Å². The Labute approximate surface area is 125 Å². The Morgan fingerprint density at radius 2 is 2.05 bits per heavy atom. The Kier molecular flexibility index (Phi) is 3.45. The summed E-state index contributed by atoms with van der Waals surface area (Å²) in [6.45, 7) is 5.51. The van der Waals surface area contributed by atoms with Crippen LogP contribution in [0.5, 0.6) is 5.75 Å². The molecule has 21 heavy (non-hydrogen) atoms. The van der Waals surface area contributed by atoms with Crippen LogP contribution >= 0.6 is 0 Å². The first-order valence-corrected chi connectivity index (χ1v) is 7.09. The van der Waals surface area contributed by atoms with E-state index in [-0.39, 0.29) is 5.54 Å². The number of aromatic nitrogens is 1. The topological polar surface area (TPSA) is 35.8 Å². The number of ether oxygens (including phenoxy) is 2. The Balaban J connectivity index is 1.90. The maximum absolute atomic E-state index is 5.75. The van der Waals surface area contributed by atoms with Crippen molar-refractivity contribution < 1.29 is 9.47 Å². The Morgan fingerprint density at radius 1 is 1.24 bits per heavy atom. The highest BCUT2D eigenvalue weighted by Crippen LogP contribution is 2.23. The van der Waals surface area contributed by atoms with Crippen LogP contribution < -0.4 is 4.74 Å². The first kappa shape index (κ1) is 13.7. The van der Waals surface area contributed by atoms with E-state index in [2.05, 4.69) is 29.5 Å². The normalized spacial score (nSPS) is 16.4. The molecule has 1 aliphatic rings. The molecule has 0 spiro atoms. The van der Waals surface area contributed by atoms with Crippen LogP contribution in [0.2, 0.25) is 0 Å². The second kappa shape index (κ2) is 5.28. The number of methoxy groups -OCH3 is 1. The largest absolute Gasteiger partial charge is 0.496 e. The van der Waals surface area contributed by atoms with Crippen LogP contribution in [0.3, 0.4) is 0 Å². The van der Waals surface area contributed by atoms with Gasteiger partial charge in [-0.05, 0) is 32.0 Å². The number of hydrogen-bond donors (Lipinski definition) is 0. The van der Waals surface area contributed by atoms with Crippen molar-refractivity contribution in [3.05, 3.63) is 53.9 Å². The number of rotatable bonds is 4. The van der Waals surface area contributed by atoms with Gasteiger partial charge in [-0.2, -0.15) is 0 Å². The van der Waals surface area contributed by atoms with Gasteiger partial charge in [-0.15, -0.1) is 0 Å². The number of nitrogens with zero attached hydrogens (tertiary/aromatic N) is 2. The van der Waals surface area contributed by atoms with Crippen molar-refractivity contribution in [3.63, 3.8) is 0 Å². The monoisotopic (exact) mass is 284 g/mol. The minimum atomic E-state index is -0.144. The van der Waals surface area contributed by atoms with Crippen LogP contribution in [0.1, 0.15) is 25.1 Å². The minimum Gasteiger partial charge on any atom is -0.496 e. The molecule has 3 rings (SSSR count). The van der Waals surface area contributed by atoms with Gasteiger partial charge in [0.05, 0.1) is 19.2 Å². The molecule has 0 atom stereocenters. The van der Waals surface area contributed by atoms with Crippen LogP contribution in [-0.4, -0.2) is 29.7 Å². The van der Waals surface area contributed by atoms with Gasteiger partial charge in [-0.25, -0.2) is 4.99 Å². The smallest absolute Gasteiger partial charge is 0.234 e. The molecule has 1 aromatic heterocycles. The van der Waals surface area contributed by atoms with Gasteiger partial charge in [-0.1, -0.05) is 18.2 Å². The zero-order valence-electron chi connectivity index (χ0n) is 12.7. The van der Waals surface area contributed by atoms with Crippen LogP contribution in [-0.2, 0) is 11.3 Å². The first-order chi connectivity index (χ1) is 10.1. The number of para-hydroxylation sites is 1. The second-order valence-electron chi connectivity index (χ2n) is 5.85. The van der Waals surface area contributed by atoms with Crippen molar-refractivity contribution in [2.45, 2.75) is 25.9 Å². The maximum Gasteiger partial charge on any atom is 0.234 e. The molecule has 0 radical (unpaired) electrons. The second-order valence-corrected chi connectivity index (χ2v) is 5.85. The summed E-state index contributed by atoms with van der Waals surface area (Å²) in [4.78, 5) is 4.65. The van der Waals surface area contributed by atoms with Gasteiger partial charge in [-0.3, -0.25) is 0 Å². The van der Waals surface area contributed by atoms with E-state index in [1.807, 2.05) is 36.5 Å². The van der Waals surface area contributed by atoms with E-state index in [0.717, 1.165) is 29.4 Å². The fourth-order valence-electron chi connectivity index (χ4n) is 2.48. The molecule has 1 aliphatic heterocycles. The molecule has 110 valence electrons. The summed E-state index contributed by atoms with van der Waals surface area (Å²) in [5, 5.41) is 0. The van der Waals surface area contributed by atoms with Crippen molar-refractivity contribution in [2.75, 3.05) is 13.7 Å². The zero-order valence-corrected chi connectivity index (χ0v) is 12.7. The zero-order chi connectivity index (χ0) is 14.9. The average molecular weight is 284 g/mol. The predicted molar refractivity (Wildman–Crippen MR) is 83.1 cm³/mol. The summed E-state index contributed by atoms with van der Waals surface area (Å²) < 4.78 is 13.3. The molecular formula is C17H20N2O2. The van der Waals surface area contributed by atoms with E-state index >= 15 is 0 Å². The quantitative estimate of drug-likeness (QED) is 0.865. The molecule has 4 nitrogen and oxygen atoms in total. The first-order valence-electron chi connectivity index (χ1n) is 7.09. The van der Waals surface area contributed by atoms with Crippen LogP contribution in [0, 0.1) is 0 Å². The van der Waals surface area contributed by atoms with E-state index in [9.17, 15) is 0 Å². The summed E-state index contributed by atoms with van der Waals surface area (Å²) in [6, 6.07) is 12.1. The molecule has 0 fully saturated rings. The highest BCUT2D eigenvalue weighted by molar-refractivity contribution is 5.94. The summed E-state index contributed by atoms with van der Waals surface area (Å²) in [7, 11) is 1.70. The fourth-order valence-corrected chi connectivity index (χ4v) is 2.48. The minimum absolute atomic E-state index is 0.144. The van der Waals surface area contributed by atoms with Gasteiger partial charge < -0.3 is 14.0 Å². The molecule has 2 aromatic rings. The van der Waals surface area contributed by atoms with Crippen LogP contribution in [0.25, 0.3) is 0 Å². The SMILES string of the molecule is COc1ccccc1Cn1cccc1C1=NC(C)(C)CO1. The third-order valence-corrected chi connectivity index (χ3v) is 3.55. The maximum atomic E-state index is 5.75. The molecular weight excluding hydrogens is 264 g/mol. The van der Waals surface area contributed by atoms with Crippen molar-refractivity contribution >= 4 is 5.90 Å². The van der Waals surface area contributed by atoms with E-state index in [4.69, 9.17) is 9.47 Å². The van der Waals surface area contributed by atoms with E-state index in [0.29, 0.717) is 6.61 Å². The number of aliphatic imine (C=N–C) groups is 1. The lowest BCUT2D eigenvalue weighted by molar-refractivity contribution is 0.278. The standard InChI is InChI=1S/C17H20N2O2/c1-17(2)12-21-16(18-17)14-8-6-10-19(14)11-13-7-4-5-9-15(13)20-3/h4-10H,11-12H2,1-3H3. The summed E-state index contributed by atoms with van der Waals surface area (Å²) in [5.74, 6) is 1.62. The number of benzene rings is 1. The van der Waals surface area contributed by atoms with Gasteiger partial charge in [0.15, 0.2) is 0 Å². The molecule has 2 heterocycles. The molecule has 0 saturated carbocycles. The lowest BCUT2D eigenvalue weighted by Crippen LogP contribution is -2.17. The highest BCUT2D eigenvalue weighted by atomic mass is 16.5. The van der Waals surface area contributed by atoms with Crippen molar-refractivity contribution in [2.24, 2.45) is 4.99 Å². The fraction of sp³-hybridized carbons (Fsp3) is 0.353. The van der Waals surface area contributed by atoms with Crippen molar-refractivity contribution in [1.29, 1.82) is 0 Å². The molecule has 0 aliphatic carbocycles.